The van der Waals surface area contributed by atoms with Crippen molar-refractivity contribution in [2.45, 2.75) is 6.61 Å². The van der Waals surface area contributed by atoms with Gasteiger partial charge in [-0.1, -0.05) is 12.1 Å². The molecule has 0 spiro atoms. The van der Waals surface area contributed by atoms with Crippen molar-refractivity contribution in [2.24, 2.45) is 0 Å². The van der Waals surface area contributed by atoms with Gasteiger partial charge in [-0.2, -0.15) is 0 Å². The molecule has 0 aliphatic carbocycles. The van der Waals surface area contributed by atoms with E-state index in [1.165, 1.54) is 20.3 Å². The lowest BCUT2D eigenvalue weighted by Gasteiger charge is -2.12. The molecule has 3 rings (SSSR count). The molecule has 1 N–H and O–H groups in total. The number of thiophene rings is 1. The van der Waals surface area contributed by atoms with E-state index in [4.69, 9.17) is 14.2 Å². The zero-order valence-electron chi connectivity index (χ0n) is 15.4. The predicted octanol–water partition coefficient (Wildman–Crippen LogP) is 4.37. The van der Waals surface area contributed by atoms with E-state index in [-0.39, 0.29) is 11.5 Å². The van der Waals surface area contributed by atoms with Crippen LogP contribution in [0, 0.1) is 0 Å². The first-order valence-corrected chi connectivity index (χ1v) is 9.31. The van der Waals surface area contributed by atoms with Crippen molar-refractivity contribution in [3.8, 4) is 11.5 Å². The maximum atomic E-state index is 12.7. The van der Waals surface area contributed by atoms with E-state index >= 15 is 0 Å². The molecule has 6 nitrogen and oxygen atoms in total. The van der Waals surface area contributed by atoms with Crippen LogP contribution < -0.4 is 14.8 Å². The first-order chi connectivity index (χ1) is 13.6. The monoisotopic (exact) mass is 397 g/mol. The van der Waals surface area contributed by atoms with Crippen LogP contribution in [0.4, 0.5) is 5.69 Å². The first-order valence-electron chi connectivity index (χ1n) is 8.43. The third-order valence-electron chi connectivity index (χ3n) is 3.94. The van der Waals surface area contributed by atoms with Gasteiger partial charge in [-0.25, -0.2) is 4.79 Å². The number of rotatable bonds is 7. The Hall–Kier alpha value is -3.32. The number of methoxy groups -OCH3 is 2. The lowest BCUT2D eigenvalue weighted by molar-refractivity contribution is 0.0601. The highest BCUT2D eigenvalue weighted by Gasteiger charge is 2.16. The molecule has 28 heavy (non-hydrogen) atoms. The van der Waals surface area contributed by atoms with Crippen molar-refractivity contribution in [3.05, 3.63) is 76.0 Å². The van der Waals surface area contributed by atoms with E-state index in [9.17, 15) is 9.59 Å². The van der Waals surface area contributed by atoms with Crippen molar-refractivity contribution in [2.75, 3.05) is 19.5 Å². The van der Waals surface area contributed by atoms with E-state index in [0.29, 0.717) is 29.4 Å². The van der Waals surface area contributed by atoms with Gasteiger partial charge in [0.2, 0.25) is 0 Å². The van der Waals surface area contributed by atoms with Gasteiger partial charge in [-0.05, 0) is 47.8 Å². The molecule has 0 aliphatic heterocycles. The molecular formula is C21H19NO5S. The van der Waals surface area contributed by atoms with E-state index in [1.807, 2.05) is 17.5 Å². The fraction of sp³-hybridized carbons (Fsp3) is 0.143. The molecule has 0 aliphatic rings. The van der Waals surface area contributed by atoms with E-state index in [0.717, 1.165) is 4.88 Å². The highest BCUT2D eigenvalue weighted by molar-refractivity contribution is 7.09. The van der Waals surface area contributed by atoms with E-state index < -0.39 is 5.97 Å². The molecule has 0 saturated heterocycles. The second kappa shape index (κ2) is 9.05. The topological polar surface area (TPSA) is 73.9 Å². The van der Waals surface area contributed by atoms with Gasteiger partial charge >= 0.3 is 5.97 Å². The number of esters is 1. The first kappa shape index (κ1) is 19.4. The molecule has 0 saturated carbocycles. The van der Waals surface area contributed by atoms with Crippen molar-refractivity contribution < 1.29 is 23.8 Å². The molecule has 1 aromatic heterocycles. The van der Waals surface area contributed by atoms with Gasteiger partial charge in [0.15, 0.2) is 0 Å². The van der Waals surface area contributed by atoms with Gasteiger partial charge < -0.3 is 19.5 Å². The summed E-state index contributed by atoms with van der Waals surface area (Å²) in [7, 11) is 2.78. The highest BCUT2D eigenvalue weighted by Crippen LogP contribution is 2.24. The summed E-state index contributed by atoms with van der Waals surface area (Å²) in [4.78, 5) is 25.8. The maximum absolute atomic E-state index is 12.7. The number of ether oxygens (including phenoxy) is 3. The molecule has 0 fully saturated rings. The lowest BCUT2D eigenvalue weighted by atomic mass is 10.1. The second-order valence-corrected chi connectivity index (χ2v) is 6.79. The summed E-state index contributed by atoms with van der Waals surface area (Å²) in [6.45, 7) is 0.438. The normalized spacial score (nSPS) is 10.2. The summed E-state index contributed by atoms with van der Waals surface area (Å²) in [5.74, 6) is 0.144. The fourth-order valence-corrected chi connectivity index (χ4v) is 3.12. The summed E-state index contributed by atoms with van der Waals surface area (Å²) in [5, 5.41) is 4.72. The van der Waals surface area contributed by atoms with Crippen molar-refractivity contribution >= 4 is 28.9 Å². The van der Waals surface area contributed by atoms with Crippen LogP contribution in [0.3, 0.4) is 0 Å². The average molecular weight is 397 g/mol. The molecule has 0 atom stereocenters. The molecule has 1 amide bonds. The Bertz CT molecular complexity index is 969. The van der Waals surface area contributed by atoms with E-state index in [2.05, 4.69) is 5.32 Å². The summed E-state index contributed by atoms with van der Waals surface area (Å²) >= 11 is 1.61. The highest BCUT2D eigenvalue weighted by atomic mass is 32.1. The van der Waals surface area contributed by atoms with Crippen molar-refractivity contribution in [1.82, 2.24) is 0 Å². The molecule has 144 valence electrons. The number of anilines is 1. The molecule has 0 bridgehead atoms. The van der Waals surface area contributed by atoms with Crippen molar-refractivity contribution in [3.63, 3.8) is 0 Å². The molecule has 0 unspecified atom stereocenters. The number of benzene rings is 2. The van der Waals surface area contributed by atoms with Crippen LogP contribution in [-0.2, 0) is 11.3 Å². The summed E-state index contributed by atoms with van der Waals surface area (Å²) in [5.41, 5.74) is 0.957. The third kappa shape index (κ3) is 4.69. The largest absolute Gasteiger partial charge is 0.497 e. The third-order valence-corrected chi connectivity index (χ3v) is 4.79. The minimum atomic E-state index is -0.567. The number of amides is 1. The number of carbonyl (C=O) groups is 2. The Kier molecular flexibility index (Phi) is 6.29. The average Bonchev–Trinajstić information content (AvgIpc) is 3.26. The lowest BCUT2D eigenvalue weighted by Crippen LogP contribution is -2.15. The minimum absolute atomic E-state index is 0.209. The molecule has 3 aromatic rings. The Morgan fingerprint density at radius 2 is 1.86 bits per heavy atom. The van der Waals surface area contributed by atoms with Gasteiger partial charge in [0.05, 0.1) is 25.5 Å². The van der Waals surface area contributed by atoms with Gasteiger partial charge in [-0.15, -0.1) is 11.3 Å². The molecular weight excluding hydrogens is 378 g/mol. The van der Waals surface area contributed by atoms with Crippen LogP contribution in [0.5, 0.6) is 11.5 Å². The number of hydrogen-bond acceptors (Lipinski definition) is 6. The van der Waals surface area contributed by atoms with E-state index in [1.54, 1.807) is 47.7 Å². The summed E-state index contributed by atoms with van der Waals surface area (Å²) in [6.07, 6.45) is 0. The van der Waals surface area contributed by atoms with Crippen molar-refractivity contribution in [1.29, 1.82) is 0 Å². The summed E-state index contributed by atoms with van der Waals surface area (Å²) in [6, 6.07) is 15.6. The molecule has 7 heteroatoms. The van der Waals surface area contributed by atoms with Crippen LogP contribution in [0.25, 0.3) is 0 Å². The van der Waals surface area contributed by atoms with Gasteiger partial charge in [0.1, 0.15) is 18.1 Å². The second-order valence-electron chi connectivity index (χ2n) is 5.75. The van der Waals surface area contributed by atoms with Gasteiger partial charge in [0.25, 0.3) is 5.91 Å². The van der Waals surface area contributed by atoms with Gasteiger partial charge in [0, 0.05) is 10.4 Å². The zero-order chi connectivity index (χ0) is 19.9. The van der Waals surface area contributed by atoms with Crippen LogP contribution in [-0.4, -0.2) is 26.1 Å². The number of hydrogen-bond donors (Lipinski definition) is 1. The smallest absolute Gasteiger partial charge is 0.340 e. The number of carbonyl (C=O) groups excluding carboxylic acids is 2. The van der Waals surface area contributed by atoms with Crippen LogP contribution in [0.15, 0.2) is 60.0 Å². The maximum Gasteiger partial charge on any atom is 0.340 e. The quantitative estimate of drug-likeness (QED) is 0.599. The molecule has 2 aromatic carbocycles. The van der Waals surface area contributed by atoms with Crippen LogP contribution >= 0.6 is 11.3 Å². The standard InChI is InChI=1S/C21H19NO5S/c1-25-15-8-9-19(18(12-15)21(24)26-2)22-20(23)14-5-3-6-16(11-14)27-13-17-7-4-10-28-17/h3-12H,13H2,1-2H3,(H,22,23). The van der Waals surface area contributed by atoms with Crippen LogP contribution in [0.1, 0.15) is 25.6 Å². The Morgan fingerprint density at radius 1 is 1.00 bits per heavy atom. The minimum Gasteiger partial charge on any atom is -0.497 e. The summed E-state index contributed by atoms with van der Waals surface area (Å²) < 4.78 is 15.7. The number of nitrogens with one attached hydrogen (secondary N) is 1. The van der Waals surface area contributed by atoms with Gasteiger partial charge in [-0.3, -0.25) is 4.79 Å². The Balaban J connectivity index is 1.76. The molecule has 0 radical (unpaired) electrons. The Labute approximate surface area is 166 Å². The fourth-order valence-electron chi connectivity index (χ4n) is 2.51. The molecule has 1 heterocycles. The Morgan fingerprint density at radius 3 is 2.57 bits per heavy atom. The SMILES string of the molecule is COC(=O)c1cc(OC)ccc1NC(=O)c1cccc(OCc2cccs2)c1. The van der Waals surface area contributed by atoms with Crippen LogP contribution in [0.2, 0.25) is 0 Å². The predicted molar refractivity (Wildman–Crippen MR) is 107 cm³/mol. The zero-order valence-corrected chi connectivity index (χ0v) is 16.2.